The summed E-state index contributed by atoms with van der Waals surface area (Å²) in [5.41, 5.74) is 7.08. The highest BCUT2D eigenvalue weighted by Crippen LogP contribution is 2.22. The Morgan fingerprint density at radius 2 is 1.27 bits per heavy atom. The molecule has 0 spiro atoms. The largest absolute Gasteiger partial charge is 0.298 e. The second-order valence-electron chi connectivity index (χ2n) is 7.62. The van der Waals surface area contributed by atoms with E-state index in [1.807, 2.05) is 0 Å². The average Bonchev–Trinajstić information content (AvgIpc) is 2.36. The van der Waals surface area contributed by atoms with Crippen LogP contribution in [0.1, 0.15) is 48.6 Å². The average molecular weight is 295 g/mol. The molecule has 0 N–H and O–H groups in total. The van der Waals surface area contributed by atoms with Gasteiger partial charge in [0.1, 0.15) is 0 Å². The van der Waals surface area contributed by atoms with Crippen LogP contribution < -0.4 is 0 Å². The minimum Gasteiger partial charge on any atom is -0.298 e. The maximum Gasteiger partial charge on any atom is 0.0234 e. The first-order chi connectivity index (χ1) is 10.2. The molecule has 0 aromatic heterocycles. The molecule has 0 saturated carbocycles. The smallest absolute Gasteiger partial charge is 0.0234 e. The molecule has 2 aromatic rings. The van der Waals surface area contributed by atoms with Crippen molar-refractivity contribution >= 4 is 0 Å². The molecule has 0 heterocycles. The Bertz CT molecular complexity index is 597. The summed E-state index contributed by atoms with van der Waals surface area (Å²) in [6, 6.07) is 15.9. The van der Waals surface area contributed by atoms with Gasteiger partial charge in [-0.3, -0.25) is 4.90 Å². The molecule has 0 bridgehead atoms. The predicted octanol–water partition coefficient (Wildman–Crippen LogP) is 5.23. The first-order valence-electron chi connectivity index (χ1n) is 8.09. The fourth-order valence-electron chi connectivity index (χ4n) is 2.95. The van der Waals surface area contributed by atoms with Crippen molar-refractivity contribution in [3.05, 3.63) is 70.3 Å². The maximum absolute atomic E-state index is 2.38. The van der Waals surface area contributed by atoms with E-state index in [-0.39, 0.29) is 5.41 Å². The van der Waals surface area contributed by atoms with Crippen molar-refractivity contribution in [1.29, 1.82) is 0 Å². The Morgan fingerprint density at radius 1 is 0.773 bits per heavy atom. The number of rotatable bonds is 4. The summed E-state index contributed by atoms with van der Waals surface area (Å²) < 4.78 is 0. The predicted molar refractivity (Wildman–Crippen MR) is 96.2 cm³/mol. The molecule has 0 aliphatic rings. The minimum atomic E-state index is 0.226. The highest BCUT2D eigenvalue weighted by molar-refractivity contribution is 5.29. The van der Waals surface area contributed by atoms with E-state index in [0.29, 0.717) is 0 Å². The minimum absolute atomic E-state index is 0.226. The number of benzene rings is 2. The fraction of sp³-hybridized carbons (Fsp3) is 0.429. The number of aryl methyl sites for hydroxylation is 2. The number of nitrogens with zero attached hydrogens (tertiary/aromatic N) is 1. The van der Waals surface area contributed by atoms with Gasteiger partial charge in [-0.15, -0.1) is 0 Å². The van der Waals surface area contributed by atoms with Gasteiger partial charge in [0.25, 0.3) is 0 Å². The third-order valence-electron chi connectivity index (χ3n) is 4.01. The first kappa shape index (κ1) is 16.8. The third-order valence-corrected chi connectivity index (χ3v) is 4.01. The molecule has 2 rings (SSSR count). The lowest BCUT2D eigenvalue weighted by Crippen LogP contribution is -2.17. The van der Waals surface area contributed by atoms with E-state index in [1.165, 1.54) is 27.8 Å². The van der Waals surface area contributed by atoms with Gasteiger partial charge in [0.2, 0.25) is 0 Å². The molecule has 1 heteroatoms. The van der Waals surface area contributed by atoms with Crippen molar-refractivity contribution in [3.63, 3.8) is 0 Å². The molecule has 0 amide bonds. The van der Waals surface area contributed by atoms with Gasteiger partial charge >= 0.3 is 0 Å². The topological polar surface area (TPSA) is 3.24 Å². The van der Waals surface area contributed by atoms with Crippen LogP contribution in [0, 0.1) is 13.8 Å². The van der Waals surface area contributed by atoms with Crippen LogP contribution in [0.2, 0.25) is 0 Å². The Morgan fingerprint density at radius 3 is 1.77 bits per heavy atom. The Labute approximate surface area is 136 Å². The highest BCUT2D eigenvalue weighted by atomic mass is 15.1. The molecule has 22 heavy (non-hydrogen) atoms. The van der Waals surface area contributed by atoms with Crippen molar-refractivity contribution in [2.75, 3.05) is 7.05 Å². The summed E-state index contributed by atoms with van der Waals surface area (Å²) in [7, 11) is 2.19. The number of hydrogen-bond acceptors (Lipinski definition) is 1. The fourth-order valence-corrected chi connectivity index (χ4v) is 2.95. The quantitative estimate of drug-likeness (QED) is 0.746. The normalized spacial score (nSPS) is 12.0. The van der Waals surface area contributed by atoms with Gasteiger partial charge in [-0.2, -0.15) is 0 Å². The van der Waals surface area contributed by atoms with Crippen LogP contribution in [-0.4, -0.2) is 11.9 Å². The van der Waals surface area contributed by atoms with Crippen LogP contribution in [0.15, 0.2) is 42.5 Å². The molecule has 1 nitrogen and oxygen atoms in total. The standard InChI is InChI=1S/C21H29N/c1-16-11-17(2)13-19(12-16)15-22(6)14-18-7-9-20(10-8-18)21(3,4)5/h7-13H,14-15H2,1-6H3. The van der Waals surface area contributed by atoms with Gasteiger partial charge in [0.05, 0.1) is 0 Å². The molecular formula is C21H29N. The van der Waals surface area contributed by atoms with Crippen LogP contribution in [0.3, 0.4) is 0 Å². The van der Waals surface area contributed by atoms with E-state index in [1.54, 1.807) is 0 Å². The van der Waals surface area contributed by atoms with Crippen molar-refractivity contribution in [2.24, 2.45) is 0 Å². The molecule has 0 saturated heterocycles. The summed E-state index contributed by atoms with van der Waals surface area (Å²) in [5, 5.41) is 0. The summed E-state index contributed by atoms with van der Waals surface area (Å²) in [4.78, 5) is 2.38. The second kappa shape index (κ2) is 6.66. The monoisotopic (exact) mass is 295 g/mol. The van der Waals surface area contributed by atoms with Gasteiger partial charge in [-0.1, -0.05) is 74.4 Å². The third kappa shape index (κ3) is 4.71. The van der Waals surface area contributed by atoms with Crippen molar-refractivity contribution in [3.8, 4) is 0 Å². The lowest BCUT2D eigenvalue weighted by atomic mass is 9.87. The Hall–Kier alpha value is -1.60. The van der Waals surface area contributed by atoms with Crippen LogP contribution in [-0.2, 0) is 18.5 Å². The van der Waals surface area contributed by atoms with E-state index < -0.39 is 0 Å². The summed E-state index contributed by atoms with van der Waals surface area (Å²) in [6.45, 7) is 13.1. The Balaban J connectivity index is 2.01. The summed E-state index contributed by atoms with van der Waals surface area (Å²) in [6.07, 6.45) is 0. The van der Waals surface area contributed by atoms with E-state index in [4.69, 9.17) is 0 Å². The van der Waals surface area contributed by atoms with Gasteiger partial charge < -0.3 is 0 Å². The molecule has 0 radical (unpaired) electrons. The van der Waals surface area contributed by atoms with E-state index in [9.17, 15) is 0 Å². The summed E-state index contributed by atoms with van der Waals surface area (Å²) in [5.74, 6) is 0. The van der Waals surface area contributed by atoms with Crippen LogP contribution in [0.5, 0.6) is 0 Å². The van der Waals surface area contributed by atoms with Crippen LogP contribution in [0.25, 0.3) is 0 Å². The molecule has 0 aliphatic heterocycles. The van der Waals surface area contributed by atoms with Gasteiger partial charge in [-0.05, 0) is 43.0 Å². The molecular weight excluding hydrogens is 266 g/mol. The number of hydrogen-bond donors (Lipinski definition) is 0. The highest BCUT2D eigenvalue weighted by Gasteiger charge is 2.13. The van der Waals surface area contributed by atoms with Crippen molar-refractivity contribution in [2.45, 2.75) is 53.1 Å². The van der Waals surface area contributed by atoms with Crippen molar-refractivity contribution in [1.82, 2.24) is 4.90 Å². The SMILES string of the molecule is Cc1cc(C)cc(CN(C)Cc2ccc(C(C)(C)C)cc2)c1. The zero-order valence-corrected chi connectivity index (χ0v) is 14.9. The lowest BCUT2D eigenvalue weighted by molar-refractivity contribution is 0.319. The first-order valence-corrected chi connectivity index (χ1v) is 8.09. The zero-order valence-electron chi connectivity index (χ0n) is 14.9. The molecule has 2 aromatic carbocycles. The zero-order chi connectivity index (χ0) is 16.3. The van der Waals surface area contributed by atoms with Crippen LogP contribution in [0.4, 0.5) is 0 Å². The Kier molecular flexibility index (Phi) is 5.08. The van der Waals surface area contributed by atoms with E-state index in [2.05, 4.69) is 89.0 Å². The van der Waals surface area contributed by atoms with Gasteiger partial charge in [-0.25, -0.2) is 0 Å². The molecule has 0 unspecified atom stereocenters. The molecule has 118 valence electrons. The summed E-state index contributed by atoms with van der Waals surface area (Å²) >= 11 is 0. The van der Waals surface area contributed by atoms with Gasteiger partial charge in [0.15, 0.2) is 0 Å². The van der Waals surface area contributed by atoms with Crippen molar-refractivity contribution < 1.29 is 0 Å². The van der Waals surface area contributed by atoms with E-state index >= 15 is 0 Å². The second-order valence-corrected chi connectivity index (χ2v) is 7.62. The van der Waals surface area contributed by atoms with Gasteiger partial charge in [0, 0.05) is 13.1 Å². The van der Waals surface area contributed by atoms with E-state index in [0.717, 1.165) is 13.1 Å². The molecule has 0 fully saturated rings. The lowest BCUT2D eigenvalue weighted by Gasteiger charge is -2.21. The molecule has 0 aliphatic carbocycles. The maximum atomic E-state index is 2.38. The molecule has 0 atom stereocenters. The van der Waals surface area contributed by atoms with Crippen LogP contribution >= 0.6 is 0 Å².